The number of aromatic nitrogens is 2. The van der Waals surface area contributed by atoms with Crippen molar-refractivity contribution in [2.24, 2.45) is 13.0 Å². The van der Waals surface area contributed by atoms with Crippen LogP contribution in [0.3, 0.4) is 0 Å². The first-order valence-electron chi connectivity index (χ1n) is 5.48. The van der Waals surface area contributed by atoms with Crippen molar-refractivity contribution in [3.05, 3.63) is 12.4 Å². The quantitative estimate of drug-likeness (QED) is 0.808. The highest BCUT2D eigenvalue weighted by Gasteiger charge is 2.31. The average Bonchev–Trinajstić information content (AvgIpc) is 2.82. The predicted octanol–water partition coefficient (Wildman–Crippen LogP) is 1.05. The van der Waals surface area contributed by atoms with Crippen molar-refractivity contribution in [1.29, 1.82) is 0 Å². The third-order valence-electron chi connectivity index (χ3n) is 2.73. The van der Waals surface area contributed by atoms with Crippen molar-refractivity contribution in [2.75, 3.05) is 17.2 Å². The summed E-state index contributed by atoms with van der Waals surface area (Å²) in [5.74, 6) is 1.10. The zero-order valence-corrected chi connectivity index (χ0v) is 10.7. The molecule has 0 N–H and O–H groups in total. The highest BCUT2D eigenvalue weighted by atomic mass is 32.2. The van der Waals surface area contributed by atoms with E-state index in [0.717, 1.165) is 11.4 Å². The van der Waals surface area contributed by atoms with Gasteiger partial charge in [0.05, 0.1) is 11.9 Å². The standard InChI is InChI=1S/C11H15N3O2S/c1-8(15)17-7-9-3-11(16)14(5-9)10-4-12-13(2)6-10/h4,6,9H,3,5,7H2,1-2H3. The minimum atomic E-state index is 0.109. The Labute approximate surface area is 104 Å². The van der Waals surface area contributed by atoms with E-state index in [2.05, 4.69) is 5.10 Å². The molecule has 2 heterocycles. The van der Waals surface area contributed by atoms with Crippen LogP contribution < -0.4 is 4.90 Å². The van der Waals surface area contributed by atoms with E-state index in [-0.39, 0.29) is 16.9 Å². The van der Waals surface area contributed by atoms with Crippen molar-refractivity contribution in [3.63, 3.8) is 0 Å². The van der Waals surface area contributed by atoms with Crippen LogP contribution in [0.15, 0.2) is 12.4 Å². The number of anilines is 1. The van der Waals surface area contributed by atoms with Gasteiger partial charge in [-0.3, -0.25) is 14.3 Å². The molecule has 1 unspecified atom stereocenters. The van der Waals surface area contributed by atoms with Crippen molar-refractivity contribution >= 4 is 28.5 Å². The summed E-state index contributed by atoms with van der Waals surface area (Å²) in [7, 11) is 1.83. The highest BCUT2D eigenvalue weighted by molar-refractivity contribution is 8.13. The van der Waals surface area contributed by atoms with Crippen LogP contribution in [-0.2, 0) is 16.6 Å². The Morgan fingerprint density at radius 2 is 2.41 bits per heavy atom. The molecule has 1 aromatic rings. The first-order chi connectivity index (χ1) is 8.06. The fourth-order valence-corrected chi connectivity index (χ4v) is 2.62. The molecule has 0 saturated carbocycles. The molecule has 17 heavy (non-hydrogen) atoms. The molecule has 5 nitrogen and oxygen atoms in total. The van der Waals surface area contributed by atoms with Crippen LogP contribution in [0.4, 0.5) is 5.69 Å². The summed E-state index contributed by atoms with van der Waals surface area (Å²) >= 11 is 1.29. The Balaban J connectivity index is 1.98. The topological polar surface area (TPSA) is 55.2 Å². The summed E-state index contributed by atoms with van der Waals surface area (Å²) in [6, 6.07) is 0. The molecule has 0 aliphatic carbocycles. The van der Waals surface area contributed by atoms with Crippen molar-refractivity contribution in [2.45, 2.75) is 13.3 Å². The zero-order valence-electron chi connectivity index (χ0n) is 9.92. The van der Waals surface area contributed by atoms with E-state index >= 15 is 0 Å². The van der Waals surface area contributed by atoms with E-state index in [9.17, 15) is 9.59 Å². The van der Waals surface area contributed by atoms with Crippen LogP contribution in [0.25, 0.3) is 0 Å². The summed E-state index contributed by atoms with van der Waals surface area (Å²) < 4.78 is 1.68. The third kappa shape index (κ3) is 2.88. The van der Waals surface area contributed by atoms with E-state index < -0.39 is 0 Å². The SMILES string of the molecule is CC(=O)SCC1CC(=O)N(c2cnn(C)c2)C1. The van der Waals surface area contributed by atoms with Crippen LogP contribution in [-0.4, -0.2) is 33.1 Å². The minimum Gasteiger partial charge on any atom is -0.309 e. The minimum absolute atomic E-state index is 0.109. The highest BCUT2D eigenvalue weighted by Crippen LogP contribution is 2.26. The van der Waals surface area contributed by atoms with Crippen LogP contribution in [0, 0.1) is 5.92 Å². The molecule has 1 aliphatic heterocycles. The molecule has 6 heteroatoms. The number of hydrogen-bond donors (Lipinski definition) is 0. The maximum atomic E-state index is 11.8. The van der Waals surface area contributed by atoms with Gasteiger partial charge in [0.1, 0.15) is 0 Å². The summed E-state index contributed by atoms with van der Waals surface area (Å²) in [5, 5.41) is 4.17. The Morgan fingerprint density at radius 1 is 1.65 bits per heavy atom. The molecule has 0 aromatic carbocycles. The van der Waals surface area contributed by atoms with Gasteiger partial charge in [0.15, 0.2) is 5.12 Å². The summed E-state index contributed by atoms with van der Waals surface area (Å²) in [5.41, 5.74) is 0.841. The van der Waals surface area contributed by atoms with Gasteiger partial charge in [-0.25, -0.2) is 0 Å². The Bertz CT molecular complexity index is 444. The molecule has 1 saturated heterocycles. The number of thioether (sulfide) groups is 1. The lowest BCUT2D eigenvalue weighted by Gasteiger charge is -2.13. The Hall–Kier alpha value is -1.30. The molecule has 1 aromatic heterocycles. The normalized spacial score (nSPS) is 20.0. The van der Waals surface area contributed by atoms with Crippen molar-refractivity contribution in [3.8, 4) is 0 Å². The van der Waals surface area contributed by atoms with E-state index in [0.29, 0.717) is 13.0 Å². The van der Waals surface area contributed by atoms with E-state index in [1.54, 1.807) is 22.7 Å². The Kier molecular flexibility index (Phi) is 3.51. The number of rotatable bonds is 3. The summed E-state index contributed by atoms with van der Waals surface area (Å²) in [6.07, 6.45) is 4.05. The molecule has 1 aliphatic rings. The van der Waals surface area contributed by atoms with Crippen LogP contribution in [0.1, 0.15) is 13.3 Å². The zero-order chi connectivity index (χ0) is 12.4. The first kappa shape index (κ1) is 12.2. The van der Waals surface area contributed by atoms with E-state index in [1.165, 1.54) is 11.8 Å². The second-order valence-corrected chi connectivity index (χ2v) is 5.45. The molecular weight excluding hydrogens is 238 g/mol. The van der Waals surface area contributed by atoms with Gasteiger partial charge in [0, 0.05) is 38.9 Å². The molecule has 1 fully saturated rings. The molecular formula is C11H15N3O2S. The monoisotopic (exact) mass is 253 g/mol. The number of carbonyl (C=O) groups is 2. The Morgan fingerprint density at radius 3 is 3.00 bits per heavy atom. The summed E-state index contributed by atoms with van der Waals surface area (Å²) in [4.78, 5) is 24.5. The van der Waals surface area contributed by atoms with Gasteiger partial charge in [-0.1, -0.05) is 11.8 Å². The molecule has 92 valence electrons. The fraction of sp³-hybridized carbons (Fsp3) is 0.545. The van der Waals surface area contributed by atoms with Crippen molar-refractivity contribution < 1.29 is 9.59 Å². The second-order valence-electron chi connectivity index (χ2n) is 4.25. The maximum absolute atomic E-state index is 11.8. The third-order valence-corrected chi connectivity index (χ3v) is 3.77. The fourth-order valence-electron chi connectivity index (χ4n) is 1.93. The molecule has 1 amide bonds. The van der Waals surface area contributed by atoms with Crippen LogP contribution >= 0.6 is 11.8 Å². The molecule has 0 bridgehead atoms. The lowest BCUT2D eigenvalue weighted by Crippen LogP contribution is -2.24. The van der Waals surface area contributed by atoms with Gasteiger partial charge in [-0.2, -0.15) is 5.10 Å². The van der Waals surface area contributed by atoms with Gasteiger partial charge in [0.2, 0.25) is 5.91 Å². The maximum Gasteiger partial charge on any atom is 0.227 e. The van der Waals surface area contributed by atoms with Gasteiger partial charge in [0.25, 0.3) is 0 Å². The van der Waals surface area contributed by atoms with Gasteiger partial charge >= 0.3 is 0 Å². The smallest absolute Gasteiger partial charge is 0.227 e. The second kappa shape index (κ2) is 4.91. The first-order valence-corrected chi connectivity index (χ1v) is 6.47. The van der Waals surface area contributed by atoms with Gasteiger partial charge in [-0.15, -0.1) is 0 Å². The number of nitrogens with zero attached hydrogens (tertiary/aromatic N) is 3. The lowest BCUT2D eigenvalue weighted by atomic mass is 10.1. The van der Waals surface area contributed by atoms with E-state index in [4.69, 9.17) is 0 Å². The van der Waals surface area contributed by atoms with Gasteiger partial charge in [-0.05, 0) is 5.92 Å². The number of hydrogen-bond acceptors (Lipinski definition) is 4. The van der Waals surface area contributed by atoms with E-state index in [1.807, 2.05) is 13.2 Å². The molecule has 2 rings (SSSR count). The average molecular weight is 253 g/mol. The molecule has 0 spiro atoms. The number of carbonyl (C=O) groups excluding carboxylic acids is 2. The van der Waals surface area contributed by atoms with Crippen LogP contribution in [0.2, 0.25) is 0 Å². The predicted molar refractivity (Wildman–Crippen MR) is 66.8 cm³/mol. The molecule has 0 radical (unpaired) electrons. The number of aryl methyl sites for hydroxylation is 1. The van der Waals surface area contributed by atoms with Crippen LogP contribution in [0.5, 0.6) is 0 Å². The largest absolute Gasteiger partial charge is 0.309 e. The lowest BCUT2D eigenvalue weighted by molar-refractivity contribution is -0.117. The molecule has 1 atom stereocenters. The van der Waals surface area contributed by atoms with Gasteiger partial charge < -0.3 is 4.90 Å². The summed E-state index contributed by atoms with van der Waals surface area (Å²) in [6.45, 7) is 2.24. The van der Waals surface area contributed by atoms with Crippen molar-refractivity contribution in [1.82, 2.24) is 9.78 Å². The number of amides is 1.